The molecule has 4 nitrogen and oxygen atoms in total. The third-order valence-electron chi connectivity index (χ3n) is 1.67. The van der Waals surface area contributed by atoms with Gasteiger partial charge in [-0.1, -0.05) is 51.3 Å². The van der Waals surface area contributed by atoms with Crippen molar-refractivity contribution >= 4 is 66.4 Å². The molecule has 0 atom stereocenters. The molecule has 0 unspecified atom stereocenters. The van der Waals surface area contributed by atoms with Crippen LogP contribution in [0.15, 0.2) is 21.5 Å². The Labute approximate surface area is 123 Å². The zero-order chi connectivity index (χ0) is 13.2. The smallest absolute Gasteiger partial charge is 0.243 e. The molecule has 17 heavy (non-hydrogen) atoms. The van der Waals surface area contributed by atoms with Crippen molar-refractivity contribution in [2.75, 3.05) is 6.54 Å². The number of hydrogen-bond donors (Lipinski definition) is 2. The normalized spacial score (nSPS) is 11.5. The highest BCUT2D eigenvalue weighted by molar-refractivity contribution is 9.10. The number of nitrogens with one attached hydrogen (secondary N) is 1. The number of benzene rings is 1. The summed E-state index contributed by atoms with van der Waals surface area (Å²) in [6.45, 7) is -0.152. The minimum atomic E-state index is -3.84. The van der Waals surface area contributed by atoms with Gasteiger partial charge in [-0.05, 0) is 12.1 Å². The summed E-state index contributed by atoms with van der Waals surface area (Å²) in [5.74, 6) is 0. The van der Waals surface area contributed by atoms with Gasteiger partial charge >= 0.3 is 0 Å². The van der Waals surface area contributed by atoms with Crippen LogP contribution in [0.2, 0.25) is 10.0 Å². The standard InChI is InChI=1S/C8H7BrCl2N2O2S2/c9-4-1-5(10)8(6(11)2-4)17(14,15)13-3-7(12)16/h1-2,13H,3H2,(H2,12,16). The number of rotatable bonds is 4. The van der Waals surface area contributed by atoms with Crippen LogP contribution < -0.4 is 10.5 Å². The van der Waals surface area contributed by atoms with E-state index in [2.05, 4.69) is 32.9 Å². The van der Waals surface area contributed by atoms with Crippen LogP contribution in [0, 0.1) is 0 Å². The van der Waals surface area contributed by atoms with Crippen LogP contribution >= 0.6 is 51.3 Å². The molecule has 1 aromatic carbocycles. The van der Waals surface area contributed by atoms with E-state index in [-0.39, 0.29) is 26.5 Å². The fourth-order valence-corrected chi connectivity index (χ4v) is 4.13. The van der Waals surface area contributed by atoms with E-state index >= 15 is 0 Å². The summed E-state index contributed by atoms with van der Waals surface area (Å²) in [6.07, 6.45) is 0. The van der Waals surface area contributed by atoms with Crippen molar-refractivity contribution in [3.8, 4) is 0 Å². The monoisotopic (exact) mass is 376 g/mol. The van der Waals surface area contributed by atoms with Crippen LogP contribution in [0.5, 0.6) is 0 Å². The Hall–Kier alpha value is 0.0800. The van der Waals surface area contributed by atoms with Crippen LogP contribution in [-0.2, 0) is 10.0 Å². The fourth-order valence-electron chi connectivity index (χ4n) is 1.02. The second kappa shape index (κ2) is 5.81. The Morgan fingerprint density at radius 3 is 2.29 bits per heavy atom. The van der Waals surface area contributed by atoms with Crippen LogP contribution in [0.1, 0.15) is 0 Å². The van der Waals surface area contributed by atoms with E-state index in [0.717, 1.165) is 0 Å². The van der Waals surface area contributed by atoms with Crippen molar-refractivity contribution in [2.24, 2.45) is 5.73 Å². The molecule has 0 aliphatic carbocycles. The maximum atomic E-state index is 11.9. The van der Waals surface area contributed by atoms with Crippen molar-refractivity contribution in [1.82, 2.24) is 4.72 Å². The highest BCUT2D eigenvalue weighted by Gasteiger charge is 2.22. The first kappa shape index (κ1) is 15.1. The van der Waals surface area contributed by atoms with Gasteiger partial charge in [0.15, 0.2) is 0 Å². The number of thiocarbonyl (C=S) groups is 1. The van der Waals surface area contributed by atoms with E-state index in [0.29, 0.717) is 4.47 Å². The highest BCUT2D eigenvalue weighted by Crippen LogP contribution is 2.32. The summed E-state index contributed by atoms with van der Waals surface area (Å²) < 4.78 is 26.5. The molecule has 9 heteroatoms. The molecule has 0 saturated carbocycles. The average molecular weight is 378 g/mol. The maximum Gasteiger partial charge on any atom is 0.243 e. The van der Waals surface area contributed by atoms with E-state index in [1.54, 1.807) is 0 Å². The van der Waals surface area contributed by atoms with Crippen molar-refractivity contribution in [2.45, 2.75) is 4.90 Å². The molecule has 3 N–H and O–H groups in total. The lowest BCUT2D eigenvalue weighted by atomic mass is 10.4. The van der Waals surface area contributed by atoms with E-state index in [1.165, 1.54) is 12.1 Å². The van der Waals surface area contributed by atoms with Gasteiger partial charge in [0.2, 0.25) is 10.0 Å². The Morgan fingerprint density at radius 1 is 1.41 bits per heavy atom. The molecule has 0 fully saturated rings. The Kier molecular flexibility index (Phi) is 5.18. The van der Waals surface area contributed by atoms with Crippen molar-refractivity contribution in [3.05, 3.63) is 26.7 Å². The lowest BCUT2D eigenvalue weighted by molar-refractivity contribution is 0.586. The van der Waals surface area contributed by atoms with Gasteiger partial charge in [0.1, 0.15) is 4.90 Å². The second-order valence-electron chi connectivity index (χ2n) is 2.99. The van der Waals surface area contributed by atoms with Crippen LogP contribution in [-0.4, -0.2) is 20.0 Å². The Balaban J connectivity index is 3.20. The summed E-state index contributed by atoms with van der Waals surface area (Å²) in [6, 6.07) is 2.87. The Morgan fingerprint density at radius 2 is 1.88 bits per heavy atom. The minimum absolute atomic E-state index is 0.0137. The van der Waals surface area contributed by atoms with Gasteiger partial charge in [0.05, 0.1) is 21.6 Å². The molecule has 1 rings (SSSR count). The van der Waals surface area contributed by atoms with E-state index in [9.17, 15) is 8.42 Å². The lowest BCUT2D eigenvalue weighted by Gasteiger charge is -2.09. The van der Waals surface area contributed by atoms with Crippen molar-refractivity contribution in [3.63, 3.8) is 0 Å². The maximum absolute atomic E-state index is 11.9. The van der Waals surface area contributed by atoms with Crippen LogP contribution in [0.25, 0.3) is 0 Å². The molecule has 1 aromatic rings. The third kappa shape index (κ3) is 4.04. The molecule has 0 bridgehead atoms. The second-order valence-corrected chi connectivity index (χ2v) is 6.95. The van der Waals surface area contributed by atoms with E-state index in [1.807, 2.05) is 0 Å². The number of hydrogen-bond acceptors (Lipinski definition) is 3. The molecule has 0 aliphatic heterocycles. The summed E-state index contributed by atoms with van der Waals surface area (Å²) >= 11 is 19.4. The first-order chi connectivity index (χ1) is 7.74. The summed E-state index contributed by atoms with van der Waals surface area (Å²) in [5.41, 5.74) is 5.21. The zero-order valence-corrected chi connectivity index (χ0v) is 12.9. The van der Waals surface area contributed by atoms with Crippen LogP contribution in [0.3, 0.4) is 0 Å². The van der Waals surface area contributed by atoms with Gasteiger partial charge in [-0.2, -0.15) is 0 Å². The molecular weight excluding hydrogens is 371 g/mol. The molecule has 0 aromatic heterocycles. The lowest BCUT2D eigenvalue weighted by Crippen LogP contribution is -2.32. The number of sulfonamides is 1. The molecule has 0 aliphatic rings. The molecule has 0 heterocycles. The largest absolute Gasteiger partial charge is 0.392 e. The highest BCUT2D eigenvalue weighted by atomic mass is 79.9. The number of halogens is 3. The Bertz CT molecular complexity index is 540. The topological polar surface area (TPSA) is 72.2 Å². The summed E-state index contributed by atoms with van der Waals surface area (Å²) in [7, 11) is -3.84. The van der Waals surface area contributed by atoms with Crippen molar-refractivity contribution < 1.29 is 8.42 Å². The first-order valence-electron chi connectivity index (χ1n) is 4.16. The predicted octanol–water partition coefficient (Wildman–Crippen LogP) is 2.32. The van der Waals surface area contributed by atoms with Gasteiger partial charge in [-0.3, -0.25) is 0 Å². The molecule has 0 amide bonds. The van der Waals surface area contributed by atoms with E-state index in [4.69, 9.17) is 28.9 Å². The van der Waals surface area contributed by atoms with Gasteiger partial charge in [0, 0.05) is 4.47 Å². The fraction of sp³-hybridized carbons (Fsp3) is 0.125. The molecular formula is C8H7BrCl2N2O2S2. The average Bonchev–Trinajstić information content (AvgIpc) is 2.12. The van der Waals surface area contributed by atoms with Crippen LogP contribution in [0.4, 0.5) is 0 Å². The molecule has 0 spiro atoms. The molecule has 0 saturated heterocycles. The summed E-state index contributed by atoms with van der Waals surface area (Å²) in [5, 5.41) is 0.0274. The van der Waals surface area contributed by atoms with Gasteiger partial charge in [-0.15, -0.1) is 0 Å². The van der Waals surface area contributed by atoms with Gasteiger partial charge < -0.3 is 5.73 Å². The predicted molar refractivity (Wildman–Crippen MR) is 76.1 cm³/mol. The third-order valence-corrected chi connectivity index (χ3v) is 4.59. The molecule has 0 radical (unpaired) electrons. The first-order valence-corrected chi connectivity index (χ1v) is 7.60. The molecule has 94 valence electrons. The van der Waals surface area contributed by atoms with Gasteiger partial charge in [-0.25, -0.2) is 13.1 Å². The quantitative estimate of drug-likeness (QED) is 0.789. The number of nitrogens with two attached hydrogens (primary N) is 1. The van der Waals surface area contributed by atoms with E-state index < -0.39 is 10.0 Å². The van der Waals surface area contributed by atoms with Gasteiger partial charge in [0.25, 0.3) is 0 Å². The zero-order valence-electron chi connectivity index (χ0n) is 8.21. The summed E-state index contributed by atoms with van der Waals surface area (Å²) in [4.78, 5) is -0.168. The SMILES string of the molecule is NC(=S)CNS(=O)(=O)c1c(Cl)cc(Br)cc1Cl. The van der Waals surface area contributed by atoms with Crippen molar-refractivity contribution in [1.29, 1.82) is 0 Å². The minimum Gasteiger partial charge on any atom is -0.392 e.